The maximum atomic E-state index is 11.9. The van der Waals surface area contributed by atoms with E-state index in [2.05, 4.69) is 15.4 Å². The summed E-state index contributed by atoms with van der Waals surface area (Å²) in [6.45, 7) is 4.98. The van der Waals surface area contributed by atoms with Crippen LogP contribution >= 0.6 is 0 Å². The summed E-state index contributed by atoms with van der Waals surface area (Å²) in [5.41, 5.74) is 7.38. The van der Waals surface area contributed by atoms with Crippen LogP contribution in [0.5, 0.6) is 0 Å². The van der Waals surface area contributed by atoms with Gasteiger partial charge in [-0.05, 0) is 38.0 Å². The number of nitrogens with one attached hydrogen (secondary N) is 1. The van der Waals surface area contributed by atoms with Crippen LogP contribution in [0.3, 0.4) is 0 Å². The Morgan fingerprint density at radius 3 is 2.57 bits per heavy atom. The quantitative estimate of drug-likeness (QED) is 0.848. The fraction of sp³-hybridized carbons (Fsp3) is 0.400. The lowest BCUT2D eigenvalue weighted by Gasteiger charge is -2.06. The number of benzene rings is 1. The van der Waals surface area contributed by atoms with Crippen molar-refractivity contribution in [3.8, 4) is 0 Å². The van der Waals surface area contributed by atoms with Crippen molar-refractivity contribution in [1.29, 1.82) is 0 Å². The molecule has 0 saturated carbocycles. The Labute approximate surface area is 124 Å². The molecule has 1 aromatic heterocycles. The Hall–Kier alpha value is -2.21. The van der Waals surface area contributed by atoms with Crippen molar-refractivity contribution in [2.24, 2.45) is 5.73 Å². The van der Waals surface area contributed by atoms with E-state index in [1.165, 1.54) is 0 Å². The summed E-state index contributed by atoms with van der Waals surface area (Å²) < 4.78 is 1.83. The van der Waals surface area contributed by atoms with Crippen LogP contribution in [0.25, 0.3) is 0 Å². The van der Waals surface area contributed by atoms with Gasteiger partial charge in [-0.1, -0.05) is 12.1 Å². The van der Waals surface area contributed by atoms with Crippen LogP contribution < -0.4 is 11.1 Å². The van der Waals surface area contributed by atoms with Gasteiger partial charge in [0, 0.05) is 25.2 Å². The van der Waals surface area contributed by atoms with E-state index < -0.39 is 0 Å². The van der Waals surface area contributed by atoms with Crippen LogP contribution in [-0.4, -0.2) is 20.7 Å². The number of aromatic nitrogens is 3. The SMILES string of the molecule is Cc1nc(C)n(CCCC(=O)Nc2ccc(CN)cc2)n1. The van der Waals surface area contributed by atoms with E-state index in [-0.39, 0.29) is 5.91 Å². The number of rotatable bonds is 6. The van der Waals surface area contributed by atoms with Crippen molar-refractivity contribution >= 4 is 11.6 Å². The molecule has 1 aromatic carbocycles. The molecule has 6 nitrogen and oxygen atoms in total. The summed E-state index contributed by atoms with van der Waals surface area (Å²) in [6, 6.07) is 7.56. The molecule has 0 aliphatic rings. The van der Waals surface area contributed by atoms with Crippen LogP contribution in [0, 0.1) is 13.8 Å². The summed E-state index contributed by atoms with van der Waals surface area (Å²) in [6.07, 6.45) is 1.19. The van der Waals surface area contributed by atoms with Crippen molar-refractivity contribution in [2.75, 3.05) is 5.32 Å². The highest BCUT2D eigenvalue weighted by Crippen LogP contribution is 2.10. The van der Waals surface area contributed by atoms with E-state index in [1.807, 2.05) is 42.8 Å². The highest BCUT2D eigenvalue weighted by atomic mass is 16.1. The molecule has 2 rings (SSSR count). The Morgan fingerprint density at radius 1 is 1.29 bits per heavy atom. The lowest BCUT2D eigenvalue weighted by Crippen LogP contribution is -2.13. The highest BCUT2D eigenvalue weighted by Gasteiger charge is 2.05. The lowest BCUT2D eigenvalue weighted by atomic mass is 10.2. The summed E-state index contributed by atoms with van der Waals surface area (Å²) in [5, 5.41) is 7.15. The van der Waals surface area contributed by atoms with E-state index in [4.69, 9.17) is 5.73 Å². The molecule has 0 atom stereocenters. The number of hydrogen-bond acceptors (Lipinski definition) is 4. The molecule has 1 amide bonds. The minimum atomic E-state index is 0.00462. The van der Waals surface area contributed by atoms with Gasteiger partial charge in [0.2, 0.25) is 5.91 Å². The summed E-state index contributed by atoms with van der Waals surface area (Å²) >= 11 is 0. The molecule has 0 spiro atoms. The molecule has 0 unspecified atom stereocenters. The van der Waals surface area contributed by atoms with Crippen LogP contribution in [0.2, 0.25) is 0 Å². The molecule has 6 heteroatoms. The molecule has 3 N–H and O–H groups in total. The first-order valence-corrected chi connectivity index (χ1v) is 7.05. The first-order chi connectivity index (χ1) is 10.1. The first-order valence-electron chi connectivity index (χ1n) is 7.05. The van der Waals surface area contributed by atoms with E-state index >= 15 is 0 Å². The molecular formula is C15H21N5O. The van der Waals surface area contributed by atoms with Gasteiger partial charge in [0.15, 0.2) is 0 Å². The van der Waals surface area contributed by atoms with Gasteiger partial charge < -0.3 is 11.1 Å². The average Bonchev–Trinajstić information content (AvgIpc) is 2.78. The van der Waals surface area contributed by atoms with Crippen LogP contribution in [-0.2, 0) is 17.9 Å². The maximum Gasteiger partial charge on any atom is 0.224 e. The Morgan fingerprint density at radius 2 is 2.00 bits per heavy atom. The smallest absolute Gasteiger partial charge is 0.224 e. The van der Waals surface area contributed by atoms with Crippen LogP contribution in [0.15, 0.2) is 24.3 Å². The maximum absolute atomic E-state index is 11.9. The second kappa shape index (κ2) is 6.99. The molecule has 0 fully saturated rings. The largest absolute Gasteiger partial charge is 0.326 e. The van der Waals surface area contributed by atoms with Gasteiger partial charge in [-0.25, -0.2) is 4.98 Å². The third kappa shape index (κ3) is 4.39. The second-order valence-electron chi connectivity index (χ2n) is 4.98. The predicted molar refractivity (Wildman–Crippen MR) is 81.7 cm³/mol. The van der Waals surface area contributed by atoms with Crippen molar-refractivity contribution in [2.45, 2.75) is 39.8 Å². The number of aryl methyl sites for hydroxylation is 3. The molecule has 112 valence electrons. The second-order valence-corrected chi connectivity index (χ2v) is 4.98. The Kier molecular flexibility index (Phi) is 5.05. The normalized spacial score (nSPS) is 10.6. The number of anilines is 1. The molecule has 0 aliphatic carbocycles. The van der Waals surface area contributed by atoms with Crippen LogP contribution in [0.1, 0.15) is 30.1 Å². The summed E-state index contributed by atoms with van der Waals surface area (Å²) in [4.78, 5) is 16.1. The monoisotopic (exact) mass is 287 g/mol. The standard InChI is InChI=1S/C15H21N5O/c1-11-17-12(2)20(19-11)9-3-4-15(21)18-14-7-5-13(10-16)6-8-14/h5-8H,3-4,9-10,16H2,1-2H3,(H,18,21). The molecule has 1 heterocycles. The molecule has 2 aromatic rings. The minimum absolute atomic E-state index is 0.00462. The number of amides is 1. The third-order valence-electron chi connectivity index (χ3n) is 3.21. The highest BCUT2D eigenvalue weighted by molar-refractivity contribution is 5.90. The minimum Gasteiger partial charge on any atom is -0.326 e. The Balaban J connectivity index is 1.78. The van der Waals surface area contributed by atoms with E-state index in [9.17, 15) is 4.79 Å². The Bertz CT molecular complexity index is 603. The fourth-order valence-corrected chi connectivity index (χ4v) is 2.11. The number of nitrogens with two attached hydrogens (primary N) is 1. The number of carbonyl (C=O) groups excluding carboxylic acids is 1. The first kappa shape index (κ1) is 15.2. The summed E-state index contributed by atoms with van der Waals surface area (Å²) in [5.74, 6) is 1.65. The van der Waals surface area contributed by atoms with Gasteiger partial charge in [0.25, 0.3) is 0 Å². The topological polar surface area (TPSA) is 85.8 Å². The van der Waals surface area contributed by atoms with Crippen molar-refractivity contribution in [3.63, 3.8) is 0 Å². The van der Waals surface area contributed by atoms with Gasteiger partial charge in [-0.3, -0.25) is 9.48 Å². The van der Waals surface area contributed by atoms with Gasteiger partial charge in [0.05, 0.1) is 0 Å². The zero-order valence-electron chi connectivity index (χ0n) is 12.5. The van der Waals surface area contributed by atoms with E-state index in [0.717, 1.165) is 29.3 Å². The number of nitrogens with zero attached hydrogens (tertiary/aromatic N) is 3. The molecule has 21 heavy (non-hydrogen) atoms. The lowest BCUT2D eigenvalue weighted by molar-refractivity contribution is -0.116. The fourth-order valence-electron chi connectivity index (χ4n) is 2.11. The predicted octanol–water partition coefficient (Wildman–Crippen LogP) is 1.77. The van der Waals surface area contributed by atoms with Gasteiger partial charge >= 0.3 is 0 Å². The zero-order valence-corrected chi connectivity index (χ0v) is 12.5. The molecule has 0 saturated heterocycles. The number of hydrogen-bond donors (Lipinski definition) is 2. The molecule has 0 bridgehead atoms. The van der Waals surface area contributed by atoms with Gasteiger partial charge in [0.1, 0.15) is 11.6 Å². The molecule has 0 aliphatic heterocycles. The van der Waals surface area contributed by atoms with Gasteiger partial charge in [-0.15, -0.1) is 0 Å². The summed E-state index contributed by atoms with van der Waals surface area (Å²) in [7, 11) is 0. The van der Waals surface area contributed by atoms with E-state index in [1.54, 1.807) is 0 Å². The zero-order chi connectivity index (χ0) is 15.2. The average molecular weight is 287 g/mol. The van der Waals surface area contributed by atoms with Gasteiger partial charge in [-0.2, -0.15) is 5.10 Å². The van der Waals surface area contributed by atoms with E-state index in [0.29, 0.717) is 19.5 Å². The molecular weight excluding hydrogens is 266 g/mol. The number of carbonyl (C=O) groups is 1. The van der Waals surface area contributed by atoms with Crippen molar-refractivity contribution in [3.05, 3.63) is 41.5 Å². The van der Waals surface area contributed by atoms with Crippen molar-refractivity contribution < 1.29 is 4.79 Å². The van der Waals surface area contributed by atoms with Crippen LogP contribution in [0.4, 0.5) is 5.69 Å². The molecule has 0 radical (unpaired) electrons. The third-order valence-corrected chi connectivity index (χ3v) is 3.21. The van der Waals surface area contributed by atoms with Crippen molar-refractivity contribution in [1.82, 2.24) is 14.8 Å².